The van der Waals surface area contributed by atoms with Crippen molar-refractivity contribution in [1.82, 2.24) is 23.6 Å². The predicted molar refractivity (Wildman–Crippen MR) is 86.8 cm³/mol. The summed E-state index contributed by atoms with van der Waals surface area (Å²) in [6.45, 7) is 0.618. The van der Waals surface area contributed by atoms with Gasteiger partial charge in [0.1, 0.15) is 5.82 Å². The molecule has 0 atom stereocenters. The minimum absolute atomic E-state index is 0.0372. The van der Waals surface area contributed by atoms with E-state index in [0.717, 1.165) is 0 Å². The zero-order chi connectivity index (χ0) is 17.8. The lowest BCUT2D eigenvalue weighted by molar-refractivity contribution is 0.411. The second kappa shape index (κ2) is 5.43. The van der Waals surface area contributed by atoms with Crippen molar-refractivity contribution in [2.24, 2.45) is 7.05 Å². The van der Waals surface area contributed by atoms with Crippen LogP contribution in [0.3, 0.4) is 0 Å². The summed E-state index contributed by atoms with van der Waals surface area (Å²) in [7, 11) is -2.21. The second-order valence-corrected chi connectivity index (χ2v) is 7.74. The number of H-pyrrole nitrogens is 1. The third-order valence-electron chi connectivity index (χ3n) is 4.27. The van der Waals surface area contributed by atoms with E-state index < -0.39 is 15.8 Å². The van der Waals surface area contributed by atoms with E-state index in [0.29, 0.717) is 17.8 Å². The normalized spacial score (nSPS) is 16.0. The van der Waals surface area contributed by atoms with Gasteiger partial charge >= 0.3 is 11.4 Å². The van der Waals surface area contributed by atoms with Crippen LogP contribution < -0.4 is 11.4 Å². The van der Waals surface area contributed by atoms with Crippen LogP contribution in [-0.4, -0.2) is 45.1 Å². The summed E-state index contributed by atoms with van der Waals surface area (Å²) in [5, 5.41) is 4.14. The quantitative estimate of drug-likeness (QED) is 0.638. The first-order chi connectivity index (χ1) is 11.9. The molecular formula is C14H15N5O5S. The number of aryl methyl sites for hydroxylation is 1. The molecule has 0 saturated heterocycles. The van der Waals surface area contributed by atoms with Crippen LogP contribution >= 0.6 is 0 Å². The molecule has 10 nitrogen and oxygen atoms in total. The molecule has 0 amide bonds. The van der Waals surface area contributed by atoms with Crippen molar-refractivity contribution in [2.75, 3.05) is 13.1 Å². The molecule has 11 heteroatoms. The fourth-order valence-electron chi connectivity index (χ4n) is 2.99. The number of fused-ring (bicyclic) bond motifs is 2. The highest BCUT2D eigenvalue weighted by atomic mass is 32.2. The first kappa shape index (κ1) is 15.8. The lowest BCUT2D eigenvalue weighted by Gasteiger charge is -2.19. The van der Waals surface area contributed by atoms with E-state index >= 15 is 0 Å². The Morgan fingerprint density at radius 1 is 1.20 bits per heavy atom. The third-order valence-corrected chi connectivity index (χ3v) is 6.17. The van der Waals surface area contributed by atoms with E-state index in [1.54, 1.807) is 7.05 Å². The highest BCUT2D eigenvalue weighted by Gasteiger charge is 2.28. The molecule has 2 aromatic heterocycles. The highest BCUT2D eigenvalue weighted by molar-refractivity contribution is 7.89. The van der Waals surface area contributed by atoms with Crippen molar-refractivity contribution in [2.45, 2.75) is 17.9 Å². The molecule has 0 unspecified atom stereocenters. The van der Waals surface area contributed by atoms with E-state index in [4.69, 9.17) is 4.42 Å². The van der Waals surface area contributed by atoms with Crippen LogP contribution in [0, 0.1) is 0 Å². The number of sulfonamides is 1. The van der Waals surface area contributed by atoms with Crippen LogP contribution in [0.4, 0.5) is 0 Å². The van der Waals surface area contributed by atoms with Gasteiger partial charge < -0.3 is 4.42 Å². The van der Waals surface area contributed by atoms with Crippen molar-refractivity contribution >= 4 is 21.1 Å². The molecule has 0 bridgehead atoms. The van der Waals surface area contributed by atoms with Gasteiger partial charge in [-0.25, -0.2) is 22.7 Å². The Morgan fingerprint density at radius 3 is 2.80 bits per heavy atom. The molecule has 0 spiro atoms. The molecule has 0 fully saturated rings. The number of aromatic amines is 1. The van der Waals surface area contributed by atoms with Crippen molar-refractivity contribution in [3.05, 3.63) is 45.1 Å². The molecule has 1 aliphatic heterocycles. The number of aromatic nitrogens is 4. The summed E-state index contributed by atoms with van der Waals surface area (Å²) >= 11 is 0. The van der Waals surface area contributed by atoms with Crippen molar-refractivity contribution in [1.29, 1.82) is 0 Å². The zero-order valence-electron chi connectivity index (χ0n) is 13.3. The SMILES string of the molecule is Cn1nc2n(c1=O)CCN(S(=O)(=O)c1ccc3[nH]c(=O)oc3c1)CC2. The molecule has 132 valence electrons. The Hall–Kier alpha value is -2.66. The predicted octanol–water partition coefficient (Wildman–Crippen LogP) is -0.737. The average molecular weight is 365 g/mol. The van der Waals surface area contributed by atoms with Crippen molar-refractivity contribution < 1.29 is 12.8 Å². The molecule has 0 aliphatic carbocycles. The highest BCUT2D eigenvalue weighted by Crippen LogP contribution is 2.21. The van der Waals surface area contributed by atoms with Crippen LogP contribution in [0.2, 0.25) is 0 Å². The van der Waals surface area contributed by atoms with Gasteiger partial charge in [0.05, 0.1) is 10.4 Å². The molecule has 3 aromatic rings. The maximum atomic E-state index is 12.9. The van der Waals surface area contributed by atoms with Gasteiger partial charge in [-0.3, -0.25) is 9.55 Å². The Kier molecular flexibility index (Phi) is 3.44. The summed E-state index contributed by atoms with van der Waals surface area (Å²) in [6.07, 6.45) is 0.344. The Morgan fingerprint density at radius 2 is 2.00 bits per heavy atom. The molecule has 0 saturated carbocycles. The number of benzene rings is 1. The fourth-order valence-corrected chi connectivity index (χ4v) is 4.44. The molecule has 4 rings (SSSR count). The van der Waals surface area contributed by atoms with Gasteiger partial charge in [-0.15, -0.1) is 0 Å². The fraction of sp³-hybridized carbons (Fsp3) is 0.357. The van der Waals surface area contributed by atoms with E-state index in [9.17, 15) is 18.0 Å². The Bertz CT molecular complexity index is 1180. The maximum absolute atomic E-state index is 12.9. The lowest BCUT2D eigenvalue weighted by atomic mass is 10.3. The third kappa shape index (κ3) is 2.51. The first-order valence-corrected chi connectivity index (χ1v) is 9.06. The van der Waals surface area contributed by atoms with E-state index in [-0.39, 0.29) is 35.8 Å². The van der Waals surface area contributed by atoms with Crippen LogP contribution in [-0.2, 0) is 30.0 Å². The minimum atomic E-state index is -3.78. The van der Waals surface area contributed by atoms with Gasteiger partial charge in [0.25, 0.3) is 0 Å². The summed E-state index contributed by atoms with van der Waals surface area (Å²) in [5.41, 5.74) is 0.357. The van der Waals surface area contributed by atoms with E-state index in [1.807, 2.05) is 0 Å². The molecule has 1 N–H and O–H groups in total. The molecule has 1 aromatic carbocycles. The topological polar surface area (TPSA) is 123 Å². The van der Waals surface area contributed by atoms with Crippen molar-refractivity contribution in [3.8, 4) is 0 Å². The summed E-state index contributed by atoms with van der Waals surface area (Å²) < 4.78 is 34.8. The lowest BCUT2D eigenvalue weighted by Crippen LogP contribution is -2.35. The summed E-state index contributed by atoms with van der Waals surface area (Å²) in [4.78, 5) is 25.7. The number of oxazole rings is 1. The molecule has 0 radical (unpaired) electrons. The van der Waals surface area contributed by atoms with Crippen LogP contribution in [0.15, 0.2) is 37.1 Å². The number of rotatable bonds is 2. The van der Waals surface area contributed by atoms with Gasteiger partial charge in [0.2, 0.25) is 10.0 Å². The number of hydrogen-bond acceptors (Lipinski definition) is 6. The largest absolute Gasteiger partial charge is 0.417 e. The minimum Gasteiger partial charge on any atom is -0.408 e. The van der Waals surface area contributed by atoms with E-state index in [1.165, 1.54) is 31.8 Å². The summed E-state index contributed by atoms with van der Waals surface area (Å²) in [5.74, 6) is -0.0714. The maximum Gasteiger partial charge on any atom is 0.417 e. The number of nitrogens with one attached hydrogen (secondary N) is 1. The number of nitrogens with zero attached hydrogens (tertiary/aromatic N) is 4. The second-order valence-electron chi connectivity index (χ2n) is 5.80. The first-order valence-electron chi connectivity index (χ1n) is 7.62. The Balaban J connectivity index is 1.68. The Labute approximate surface area is 141 Å². The molecule has 3 heterocycles. The zero-order valence-corrected chi connectivity index (χ0v) is 14.1. The standard InChI is InChI=1S/C14H15N5O5S/c1-17-14(21)19-7-6-18(5-4-12(19)16-17)25(22,23)9-2-3-10-11(8-9)24-13(20)15-10/h2-3,8H,4-7H2,1H3,(H,15,20). The van der Waals surface area contributed by atoms with Crippen molar-refractivity contribution in [3.63, 3.8) is 0 Å². The van der Waals surface area contributed by atoms with Gasteiger partial charge in [0, 0.05) is 39.2 Å². The van der Waals surface area contributed by atoms with Crippen LogP contribution in [0.1, 0.15) is 5.82 Å². The smallest absolute Gasteiger partial charge is 0.408 e. The van der Waals surface area contributed by atoms with Gasteiger partial charge in [-0.05, 0) is 12.1 Å². The monoisotopic (exact) mass is 365 g/mol. The summed E-state index contributed by atoms with van der Waals surface area (Å²) in [6, 6.07) is 4.24. The molecule has 25 heavy (non-hydrogen) atoms. The average Bonchev–Trinajstić information content (AvgIpc) is 2.96. The van der Waals surface area contributed by atoms with E-state index in [2.05, 4.69) is 10.1 Å². The number of hydrogen-bond donors (Lipinski definition) is 1. The van der Waals surface area contributed by atoms with Crippen LogP contribution in [0.25, 0.3) is 11.1 Å². The van der Waals surface area contributed by atoms with Gasteiger partial charge in [0.15, 0.2) is 5.58 Å². The molecule has 1 aliphatic rings. The van der Waals surface area contributed by atoms with Gasteiger partial charge in [-0.1, -0.05) is 0 Å². The molecular weight excluding hydrogens is 350 g/mol. The van der Waals surface area contributed by atoms with Crippen LogP contribution in [0.5, 0.6) is 0 Å². The van der Waals surface area contributed by atoms with Gasteiger partial charge in [-0.2, -0.15) is 9.40 Å².